The van der Waals surface area contributed by atoms with Gasteiger partial charge >= 0.3 is 0 Å². The van der Waals surface area contributed by atoms with E-state index in [4.69, 9.17) is 4.74 Å². The average molecular weight is 308 g/mol. The van der Waals surface area contributed by atoms with Crippen molar-refractivity contribution in [3.63, 3.8) is 0 Å². The van der Waals surface area contributed by atoms with Crippen molar-refractivity contribution in [3.05, 3.63) is 90.5 Å². The van der Waals surface area contributed by atoms with Crippen LogP contribution in [0.4, 0.5) is 0 Å². The summed E-state index contributed by atoms with van der Waals surface area (Å²) in [6.07, 6.45) is 0. The minimum Gasteiger partial charge on any atom is -0.489 e. The summed E-state index contributed by atoms with van der Waals surface area (Å²) in [5.74, 6) is 0.906. The lowest BCUT2D eigenvalue weighted by atomic mass is 9.92. The molecule has 24 heavy (non-hydrogen) atoms. The van der Waals surface area contributed by atoms with Crippen LogP contribution in [0.2, 0.25) is 0 Å². The van der Waals surface area contributed by atoms with Gasteiger partial charge in [0.2, 0.25) is 0 Å². The van der Waals surface area contributed by atoms with Gasteiger partial charge in [-0.25, -0.2) is 0 Å². The quantitative estimate of drug-likeness (QED) is 0.362. The van der Waals surface area contributed by atoms with E-state index in [-0.39, 0.29) is 0 Å². The van der Waals surface area contributed by atoms with E-state index in [0.29, 0.717) is 6.61 Å². The van der Waals surface area contributed by atoms with Crippen molar-refractivity contribution in [2.24, 2.45) is 0 Å². The summed E-state index contributed by atoms with van der Waals surface area (Å²) in [4.78, 5) is 0. The van der Waals surface area contributed by atoms with Gasteiger partial charge < -0.3 is 4.74 Å². The standard InChI is InChI=1S/C23H16O/c1-2-7-20(8-3-1)24-15-19-12-11-18-10-9-16-5-4-6-17-13-14-21(19)23(18)22(16)17/h1-14H,15H2. The average Bonchev–Trinajstić information content (AvgIpc) is 2.66. The maximum atomic E-state index is 5.98. The van der Waals surface area contributed by atoms with Crippen molar-refractivity contribution >= 4 is 32.3 Å². The highest BCUT2D eigenvalue weighted by atomic mass is 16.5. The molecule has 0 atom stereocenters. The van der Waals surface area contributed by atoms with Gasteiger partial charge in [0.25, 0.3) is 0 Å². The van der Waals surface area contributed by atoms with Crippen molar-refractivity contribution < 1.29 is 4.74 Å². The van der Waals surface area contributed by atoms with Crippen LogP contribution in [0, 0.1) is 0 Å². The van der Waals surface area contributed by atoms with Gasteiger partial charge in [-0.3, -0.25) is 0 Å². The van der Waals surface area contributed by atoms with Crippen LogP contribution in [-0.4, -0.2) is 0 Å². The van der Waals surface area contributed by atoms with E-state index >= 15 is 0 Å². The van der Waals surface area contributed by atoms with Crippen LogP contribution in [0.1, 0.15) is 5.56 Å². The number of benzene rings is 5. The summed E-state index contributed by atoms with van der Waals surface area (Å²) < 4.78 is 5.98. The van der Waals surface area contributed by atoms with Gasteiger partial charge in [0, 0.05) is 0 Å². The van der Waals surface area contributed by atoms with Crippen LogP contribution >= 0.6 is 0 Å². The van der Waals surface area contributed by atoms with Crippen molar-refractivity contribution in [1.29, 1.82) is 0 Å². The van der Waals surface area contributed by atoms with Gasteiger partial charge in [-0.1, -0.05) is 72.8 Å². The molecule has 0 amide bonds. The Kier molecular flexibility index (Phi) is 2.92. The van der Waals surface area contributed by atoms with Gasteiger partial charge in [0.15, 0.2) is 0 Å². The van der Waals surface area contributed by atoms with E-state index in [9.17, 15) is 0 Å². The second-order valence-electron chi connectivity index (χ2n) is 6.18. The Morgan fingerprint density at radius 1 is 0.542 bits per heavy atom. The Hall–Kier alpha value is -3.06. The monoisotopic (exact) mass is 308 g/mol. The van der Waals surface area contributed by atoms with E-state index in [0.717, 1.165) is 5.75 Å². The third-order valence-electron chi connectivity index (χ3n) is 4.76. The molecule has 0 aliphatic carbocycles. The van der Waals surface area contributed by atoms with Gasteiger partial charge in [-0.05, 0) is 50.0 Å². The van der Waals surface area contributed by atoms with E-state index < -0.39 is 0 Å². The molecular weight excluding hydrogens is 292 g/mol. The molecule has 0 heterocycles. The van der Waals surface area contributed by atoms with E-state index in [2.05, 4.69) is 54.6 Å². The minimum atomic E-state index is 0.582. The first-order valence-electron chi connectivity index (χ1n) is 8.23. The van der Waals surface area contributed by atoms with Crippen molar-refractivity contribution in [3.8, 4) is 5.75 Å². The first-order chi connectivity index (χ1) is 11.9. The third-order valence-corrected chi connectivity index (χ3v) is 4.76. The number of para-hydroxylation sites is 1. The third kappa shape index (κ3) is 2.02. The molecule has 0 aromatic heterocycles. The molecule has 1 heteroatoms. The maximum absolute atomic E-state index is 5.98. The Balaban J connectivity index is 1.69. The SMILES string of the molecule is c1ccc(OCc2ccc3ccc4cccc5ccc2c3c45)cc1. The molecule has 0 radical (unpaired) electrons. The molecule has 0 saturated carbocycles. The lowest BCUT2D eigenvalue weighted by Crippen LogP contribution is -1.97. The molecule has 5 aromatic carbocycles. The zero-order chi connectivity index (χ0) is 15.9. The zero-order valence-electron chi connectivity index (χ0n) is 13.2. The highest BCUT2D eigenvalue weighted by Gasteiger charge is 2.10. The number of rotatable bonds is 3. The van der Waals surface area contributed by atoms with Crippen molar-refractivity contribution in [1.82, 2.24) is 0 Å². The van der Waals surface area contributed by atoms with Crippen molar-refractivity contribution in [2.45, 2.75) is 6.61 Å². The van der Waals surface area contributed by atoms with Gasteiger partial charge in [-0.15, -0.1) is 0 Å². The highest BCUT2D eigenvalue weighted by molar-refractivity contribution is 6.23. The first kappa shape index (κ1) is 13.4. The summed E-state index contributed by atoms with van der Waals surface area (Å²) in [6.45, 7) is 0.582. The summed E-state index contributed by atoms with van der Waals surface area (Å²) in [7, 11) is 0. The number of ether oxygens (including phenoxy) is 1. The number of hydrogen-bond donors (Lipinski definition) is 0. The van der Waals surface area contributed by atoms with Crippen LogP contribution < -0.4 is 4.74 Å². The summed E-state index contributed by atoms with van der Waals surface area (Å²) >= 11 is 0. The Bertz CT molecular complexity index is 1130. The molecule has 0 spiro atoms. The lowest BCUT2D eigenvalue weighted by molar-refractivity contribution is 0.308. The summed E-state index contributed by atoms with van der Waals surface area (Å²) in [6, 6.07) is 29.8. The van der Waals surface area contributed by atoms with Crippen molar-refractivity contribution in [2.75, 3.05) is 0 Å². The second-order valence-corrected chi connectivity index (χ2v) is 6.18. The fourth-order valence-electron chi connectivity index (χ4n) is 3.60. The van der Waals surface area contributed by atoms with E-state index in [1.807, 2.05) is 30.3 Å². The van der Waals surface area contributed by atoms with Crippen LogP contribution in [0.15, 0.2) is 84.9 Å². The molecule has 0 aliphatic rings. The fraction of sp³-hybridized carbons (Fsp3) is 0.0435. The fourth-order valence-corrected chi connectivity index (χ4v) is 3.60. The molecule has 1 nitrogen and oxygen atoms in total. The lowest BCUT2D eigenvalue weighted by Gasteiger charge is -2.14. The summed E-state index contributed by atoms with van der Waals surface area (Å²) in [5.41, 5.74) is 1.23. The summed E-state index contributed by atoms with van der Waals surface area (Å²) in [5, 5.41) is 7.87. The largest absolute Gasteiger partial charge is 0.489 e. The molecule has 0 unspecified atom stereocenters. The molecular formula is C23H16O. The Morgan fingerprint density at radius 3 is 2.00 bits per heavy atom. The molecule has 0 saturated heterocycles. The predicted molar refractivity (Wildman–Crippen MR) is 101 cm³/mol. The van der Waals surface area contributed by atoms with Gasteiger partial charge in [0.1, 0.15) is 12.4 Å². The van der Waals surface area contributed by atoms with E-state index in [1.54, 1.807) is 0 Å². The van der Waals surface area contributed by atoms with E-state index in [1.165, 1.54) is 37.9 Å². The predicted octanol–water partition coefficient (Wildman–Crippen LogP) is 6.16. The second kappa shape index (κ2) is 5.24. The van der Waals surface area contributed by atoms with Gasteiger partial charge in [0.05, 0.1) is 0 Å². The maximum Gasteiger partial charge on any atom is 0.119 e. The Labute approximate surface area is 140 Å². The Morgan fingerprint density at radius 2 is 1.21 bits per heavy atom. The highest BCUT2D eigenvalue weighted by Crippen LogP contribution is 2.36. The molecule has 114 valence electrons. The smallest absolute Gasteiger partial charge is 0.119 e. The normalized spacial score (nSPS) is 11.5. The first-order valence-corrected chi connectivity index (χ1v) is 8.23. The molecule has 5 aromatic rings. The molecule has 0 fully saturated rings. The molecule has 0 N–H and O–H groups in total. The molecule has 5 rings (SSSR count). The topological polar surface area (TPSA) is 9.23 Å². The minimum absolute atomic E-state index is 0.582. The number of hydrogen-bond acceptors (Lipinski definition) is 1. The van der Waals surface area contributed by atoms with Crippen LogP contribution in [-0.2, 0) is 6.61 Å². The zero-order valence-corrected chi connectivity index (χ0v) is 13.2. The van der Waals surface area contributed by atoms with Crippen LogP contribution in [0.5, 0.6) is 5.75 Å². The molecule has 0 aliphatic heterocycles. The van der Waals surface area contributed by atoms with Crippen LogP contribution in [0.3, 0.4) is 0 Å². The van der Waals surface area contributed by atoms with Gasteiger partial charge in [-0.2, -0.15) is 0 Å². The van der Waals surface area contributed by atoms with Crippen LogP contribution in [0.25, 0.3) is 32.3 Å². The molecule has 0 bridgehead atoms.